The van der Waals surface area contributed by atoms with E-state index in [9.17, 15) is 19.0 Å². The smallest absolute Gasteiger partial charge is 0.347 e. The van der Waals surface area contributed by atoms with Crippen molar-refractivity contribution in [2.75, 3.05) is 6.79 Å². The van der Waals surface area contributed by atoms with Gasteiger partial charge in [0.1, 0.15) is 0 Å². The fraction of sp³-hybridized carbons (Fsp3) is 0.120. The van der Waals surface area contributed by atoms with Crippen molar-refractivity contribution in [1.82, 2.24) is 5.32 Å². The molecule has 0 saturated carbocycles. The molecule has 0 radical (unpaired) electrons. The maximum atomic E-state index is 13.2. The summed E-state index contributed by atoms with van der Waals surface area (Å²) in [4.78, 5) is 35.5. The van der Waals surface area contributed by atoms with E-state index in [2.05, 4.69) is 11.9 Å². The van der Waals surface area contributed by atoms with E-state index >= 15 is 0 Å². The van der Waals surface area contributed by atoms with E-state index < -0.39 is 31.9 Å². The van der Waals surface area contributed by atoms with Crippen molar-refractivity contribution >= 4 is 36.3 Å². The van der Waals surface area contributed by atoms with Gasteiger partial charge in [0, 0.05) is 11.8 Å². The molecular weight excluding hydrogens is 441 g/mol. The SMILES string of the molecule is C=C(C)C(=O)OCOP(=O)(O)C(C(=O)N/C=C/c1ccccc1)c1cccc2ccccc12. The van der Waals surface area contributed by atoms with Crippen LogP contribution in [-0.4, -0.2) is 23.6 Å². The van der Waals surface area contributed by atoms with Crippen molar-refractivity contribution in [2.24, 2.45) is 0 Å². The van der Waals surface area contributed by atoms with E-state index in [1.165, 1.54) is 13.1 Å². The summed E-state index contributed by atoms with van der Waals surface area (Å²) in [5.74, 6) is -1.51. The van der Waals surface area contributed by atoms with Crippen molar-refractivity contribution in [3.8, 4) is 0 Å². The van der Waals surface area contributed by atoms with Crippen molar-refractivity contribution in [2.45, 2.75) is 12.6 Å². The van der Waals surface area contributed by atoms with E-state index in [0.717, 1.165) is 10.9 Å². The van der Waals surface area contributed by atoms with E-state index in [1.807, 2.05) is 48.5 Å². The molecule has 2 N–H and O–H groups in total. The average Bonchev–Trinajstić information content (AvgIpc) is 2.79. The molecular formula is C25H24NO6P. The number of fused-ring (bicyclic) bond motifs is 1. The first-order valence-electron chi connectivity index (χ1n) is 10.1. The van der Waals surface area contributed by atoms with Crippen LogP contribution in [0.3, 0.4) is 0 Å². The fourth-order valence-electron chi connectivity index (χ4n) is 3.17. The van der Waals surface area contributed by atoms with Gasteiger partial charge >= 0.3 is 13.6 Å². The van der Waals surface area contributed by atoms with Crippen LogP contribution >= 0.6 is 7.60 Å². The summed E-state index contributed by atoms with van der Waals surface area (Å²) in [7, 11) is -4.64. The summed E-state index contributed by atoms with van der Waals surface area (Å²) in [5.41, 5.74) is -0.293. The number of amides is 1. The van der Waals surface area contributed by atoms with Gasteiger partial charge in [0.05, 0.1) is 0 Å². The first-order valence-corrected chi connectivity index (χ1v) is 11.7. The topological polar surface area (TPSA) is 102 Å². The number of carbonyl (C=O) groups is 2. The Kier molecular flexibility index (Phi) is 7.96. The van der Waals surface area contributed by atoms with E-state index in [1.54, 1.807) is 30.3 Å². The number of hydrogen-bond donors (Lipinski definition) is 2. The lowest BCUT2D eigenvalue weighted by Crippen LogP contribution is -2.26. The Labute approximate surface area is 191 Å². The molecule has 8 heteroatoms. The van der Waals surface area contributed by atoms with Crippen LogP contribution in [0, 0.1) is 0 Å². The van der Waals surface area contributed by atoms with Gasteiger partial charge in [-0.15, -0.1) is 0 Å². The zero-order valence-corrected chi connectivity index (χ0v) is 18.9. The summed E-state index contributed by atoms with van der Waals surface area (Å²) in [5, 5.41) is 3.99. The van der Waals surface area contributed by atoms with Gasteiger partial charge in [-0.3, -0.25) is 13.9 Å². The third-order valence-electron chi connectivity index (χ3n) is 4.77. The van der Waals surface area contributed by atoms with Gasteiger partial charge in [-0.1, -0.05) is 79.4 Å². The minimum absolute atomic E-state index is 0.112. The van der Waals surface area contributed by atoms with Gasteiger partial charge < -0.3 is 14.9 Å². The normalized spacial score (nSPS) is 13.9. The summed E-state index contributed by atoms with van der Waals surface area (Å²) >= 11 is 0. The Morgan fingerprint density at radius 2 is 1.73 bits per heavy atom. The van der Waals surface area contributed by atoms with Crippen LogP contribution in [0.2, 0.25) is 0 Å². The van der Waals surface area contributed by atoms with E-state index in [0.29, 0.717) is 10.9 Å². The molecule has 0 aliphatic carbocycles. The van der Waals surface area contributed by atoms with Crippen LogP contribution in [0.5, 0.6) is 0 Å². The first-order chi connectivity index (χ1) is 15.8. The summed E-state index contributed by atoms with van der Waals surface area (Å²) in [6.45, 7) is 4.08. The summed E-state index contributed by atoms with van der Waals surface area (Å²) in [6, 6.07) is 21.6. The molecule has 0 bridgehead atoms. The van der Waals surface area contributed by atoms with Crippen molar-refractivity contribution in [1.29, 1.82) is 0 Å². The van der Waals surface area contributed by atoms with Gasteiger partial charge in [0.15, 0.2) is 5.66 Å². The second-order valence-corrected chi connectivity index (χ2v) is 9.15. The molecule has 3 rings (SSSR count). The third-order valence-corrected chi connectivity index (χ3v) is 6.41. The highest BCUT2D eigenvalue weighted by Crippen LogP contribution is 2.57. The molecule has 2 atom stereocenters. The number of hydrogen-bond acceptors (Lipinski definition) is 5. The molecule has 3 aromatic rings. The molecule has 33 heavy (non-hydrogen) atoms. The molecule has 7 nitrogen and oxygen atoms in total. The Morgan fingerprint density at radius 1 is 1.06 bits per heavy atom. The van der Waals surface area contributed by atoms with Crippen LogP contribution < -0.4 is 5.32 Å². The van der Waals surface area contributed by atoms with Gasteiger partial charge in [0.25, 0.3) is 0 Å². The standard InChI is InChI=1S/C25H24NO6P/c1-18(2)25(28)31-17-32-33(29,30)23(22-14-8-12-20-11-6-7-13-21(20)22)24(27)26-16-15-19-9-4-3-5-10-19/h3-16,23H,1,17H2,2H3,(H,26,27)(H,29,30)/b16-15+. The van der Waals surface area contributed by atoms with Crippen molar-refractivity contribution in [3.05, 3.63) is 102 Å². The minimum Gasteiger partial charge on any atom is -0.435 e. The average molecular weight is 465 g/mol. The quantitative estimate of drug-likeness (QED) is 0.201. The van der Waals surface area contributed by atoms with Gasteiger partial charge in [-0.05, 0) is 34.9 Å². The maximum Gasteiger partial charge on any atom is 0.347 e. The molecule has 0 heterocycles. The number of ether oxygens (including phenoxy) is 1. The van der Waals surface area contributed by atoms with Crippen LogP contribution in [-0.2, 0) is 23.4 Å². The summed E-state index contributed by atoms with van der Waals surface area (Å²) < 4.78 is 23.1. The minimum atomic E-state index is -4.64. The van der Waals surface area contributed by atoms with Crippen LogP contribution in [0.15, 0.2) is 91.1 Å². The van der Waals surface area contributed by atoms with Gasteiger partial charge in [-0.25, -0.2) is 4.79 Å². The van der Waals surface area contributed by atoms with Gasteiger partial charge in [-0.2, -0.15) is 0 Å². The van der Waals surface area contributed by atoms with Gasteiger partial charge in [0.2, 0.25) is 12.7 Å². The molecule has 0 aromatic heterocycles. The Hall–Kier alpha value is -3.51. The lowest BCUT2D eigenvalue weighted by Gasteiger charge is -2.23. The second kappa shape index (κ2) is 10.9. The first kappa shape index (κ1) is 24.1. The Balaban J connectivity index is 1.91. The predicted molar refractivity (Wildman–Crippen MR) is 127 cm³/mol. The Bertz CT molecular complexity index is 1230. The molecule has 0 saturated heterocycles. The molecule has 2 unspecified atom stereocenters. The predicted octanol–water partition coefficient (Wildman–Crippen LogP) is 4.95. The molecule has 170 valence electrons. The highest BCUT2D eigenvalue weighted by molar-refractivity contribution is 7.54. The highest BCUT2D eigenvalue weighted by atomic mass is 31.2. The lowest BCUT2D eigenvalue weighted by molar-refractivity contribution is -0.145. The van der Waals surface area contributed by atoms with Crippen LogP contribution in [0.1, 0.15) is 23.7 Å². The summed E-state index contributed by atoms with van der Waals surface area (Å²) in [6.07, 6.45) is 3.06. The molecule has 0 fully saturated rings. The monoisotopic (exact) mass is 465 g/mol. The van der Waals surface area contributed by atoms with E-state index in [-0.39, 0.29) is 5.57 Å². The van der Waals surface area contributed by atoms with Crippen LogP contribution in [0.25, 0.3) is 16.8 Å². The highest BCUT2D eigenvalue weighted by Gasteiger charge is 2.41. The number of rotatable bonds is 9. The van der Waals surface area contributed by atoms with Crippen molar-refractivity contribution < 1.29 is 28.3 Å². The lowest BCUT2D eigenvalue weighted by atomic mass is 10.0. The van der Waals surface area contributed by atoms with E-state index in [4.69, 9.17) is 9.26 Å². The fourth-order valence-corrected chi connectivity index (χ4v) is 4.47. The molecule has 1 amide bonds. The number of benzene rings is 3. The number of carbonyl (C=O) groups excluding carboxylic acids is 2. The molecule has 0 aliphatic rings. The third kappa shape index (κ3) is 6.26. The number of esters is 1. The molecule has 0 spiro atoms. The van der Waals surface area contributed by atoms with Crippen molar-refractivity contribution in [3.63, 3.8) is 0 Å². The maximum absolute atomic E-state index is 13.2. The number of nitrogens with one attached hydrogen (secondary N) is 1. The second-order valence-electron chi connectivity index (χ2n) is 7.25. The van der Waals surface area contributed by atoms with Crippen LogP contribution in [0.4, 0.5) is 0 Å². The largest absolute Gasteiger partial charge is 0.435 e. The molecule has 0 aliphatic heterocycles. The zero-order valence-electron chi connectivity index (χ0n) is 18.0. The molecule has 3 aromatic carbocycles. The zero-order chi connectivity index (χ0) is 23.8. The Morgan fingerprint density at radius 3 is 2.45 bits per heavy atom.